The van der Waals surface area contributed by atoms with Crippen molar-refractivity contribution < 1.29 is 4.74 Å². The Morgan fingerprint density at radius 2 is 2.31 bits per heavy atom. The fourth-order valence-electron chi connectivity index (χ4n) is 1.45. The molecule has 1 aromatic rings. The Bertz CT molecular complexity index is 268. The van der Waals surface area contributed by atoms with E-state index in [9.17, 15) is 0 Å². The molecule has 0 saturated carbocycles. The second-order valence-corrected chi connectivity index (χ2v) is 4.50. The second kappa shape index (κ2) is 4.05. The molecule has 1 aliphatic heterocycles. The Labute approximate surface area is 82.5 Å². The van der Waals surface area contributed by atoms with Crippen molar-refractivity contribution in [1.29, 1.82) is 0 Å². The first-order valence-corrected chi connectivity index (χ1v) is 5.73. The quantitative estimate of drug-likeness (QED) is 0.723. The van der Waals surface area contributed by atoms with E-state index in [-0.39, 0.29) is 0 Å². The van der Waals surface area contributed by atoms with E-state index < -0.39 is 0 Å². The molecule has 72 valence electrons. The summed E-state index contributed by atoms with van der Waals surface area (Å²) in [6.07, 6.45) is 6.44. The summed E-state index contributed by atoms with van der Waals surface area (Å²) in [5.41, 5.74) is 0. The number of nitrogens with zero attached hydrogens (tertiary/aromatic N) is 2. The van der Waals surface area contributed by atoms with Crippen LogP contribution in [-0.4, -0.2) is 27.4 Å². The number of aromatic nitrogens is 2. The predicted octanol–water partition coefficient (Wildman–Crippen LogP) is 1.69. The van der Waals surface area contributed by atoms with Gasteiger partial charge in [-0.25, -0.2) is 0 Å². The van der Waals surface area contributed by atoms with Crippen molar-refractivity contribution >= 4 is 11.8 Å². The van der Waals surface area contributed by atoms with Gasteiger partial charge in [-0.05, 0) is 24.3 Å². The molecule has 0 N–H and O–H groups in total. The van der Waals surface area contributed by atoms with Gasteiger partial charge in [-0.2, -0.15) is 16.9 Å². The number of rotatable bonds is 2. The van der Waals surface area contributed by atoms with Gasteiger partial charge in [0.2, 0.25) is 0 Å². The summed E-state index contributed by atoms with van der Waals surface area (Å²) in [6.45, 7) is 0. The van der Waals surface area contributed by atoms with Gasteiger partial charge in [-0.1, -0.05) is 0 Å². The minimum atomic E-state index is 0.408. The molecule has 3 nitrogen and oxygen atoms in total. The zero-order valence-electron chi connectivity index (χ0n) is 7.77. The molecule has 13 heavy (non-hydrogen) atoms. The highest BCUT2D eigenvalue weighted by Crippen LogP contribution is 2.21. The van der Waals surface area contributed by atoms with Gasteiger partial charge in [0.1, 0.15) is 6.10 Å². The lowest BCUT2D eigenvalue weighted by Gasteiger charge is -2.21. The third-order valence-corrected chi connectivity index (χ3v) is 3.20. The van der Waals surface area contributed by atoms with Gasteiger partial charge in [-0.3, -0.25) is 4.68 Å². The first kappa shape index (κ1) is 8.94. The second-order valence-electron chi connectivity index (χ2n) is 3.28. The van der Waals surface area contributed by atoms with Crippen LogP contribution < -0.4 is 4.74 Å². The Balaban J connectivity index is 1.89. The number of ether oxygens (including phenoxy) is 1. The Morgan fingerprint density at radius 3 is 2.92 bits per heavy atom. The van der Waals surface area contributed by atoms with Crippen LogP contribution in [0.3, 0.4) is 0 Å². The zero-order chi connectivity index (χ0) is 9.10. The van der Waals surface area contributed by atoms with E-state index in [1.165, 1.54) is 24.3 Å². The van der Waals surface area contributed by atoms with Crippen LogP contribution in [0.1, 0.15) is 12.8 Å². The summed E-state index contributed by atoms with van der Waals surface area (Å²) in [5.74, 6) is 3.36. The largest absolute Gasteiger partial charge is 0.487 e. The molecule has 0 atom stereocenters. The molecule has 0 bridgehead atoms. The van der Waals surface area contributed by atoms with Crippen molar-refractivity contribution in [2.24, 2.45) is 7.05 Å². The van der Waals surface area contributed by atoms with Crippen LogP contribution in [0, 0.1) is 0 Å². The lowest BCUT2D eigenvalue weighted by Crippen LogP contribution is -2.21. The van der Waals surface area contributed by atoms with Crippen LogP contribution in [0.2, 0.25) is 0 Å². The molecule has 0 amide bonds. The summed E-state index contributed by atoms with van der Waals surface area (Å²) in [4.78, 5) is 0. The van der Waals surface area contributed by atoms with E-state index in [4.69, 9.17) is 4.74 Å². The number of aryl methyl sites for hydroxylation is 1. The molecular formula is C9H14N2OS. The maximum atomic E-state index is 5.78. The molecule has 1 aromatic heterocycles. The Hall–Kier alpha value is -0.640. The number of thioether (sulfide) groups is 1. The highest BCUT2D eigenvalue weighted by molar-refractivity contribution is 7.99. The minimum absolute atomic E-state index is 0.408. The third kappa shape index (κ3) is 2.40. The first-order valence-electron chi connectivity index (χ1n) is 4.57. The standard InChI is InChI=1S/C9H14N2OS/c1-11-7-9(6-10-11)12-8-2-4-13-5-3-8/h6-8H,2-5H2,1H3. The van der Waals surface area contributed by atoms with Gasteiger partial charge in [0, 0.05) is 7.05 Å². The SMILES string of the molecule is Cn1cc(OC2CCSCC2)cn1. The summed E-state index contributed by atoms with van der Waals surface area (Å²) < 4.78 is 7.55. The van der Waals surface area contributed by atoms with E-state index in [2.05, 4.69) is 5.10 Å². The third-order valence-electron chi connectivity index (χ3n) is 2.15. The minimum Gasteiger partial charge on any atom is -0.487 e. The topological polar surface area (TPSA) is 27.1 Å². The van der Waals surface area contributed by atoms with Crippen LogP contribution in [-0.2, 0) is 7.05 Å². The van der Waals surface area contributed by atoms with Crippen molar-refractivity contribution in [3.8, 4) is 5.75 Å². The molecule has 2 rings (SSSR count). The summed E-state index contributed by atoms with van der Waals surface area (Å²) >= 11 is 2.01. The number of hydrogen-bond donors (Lipinski definition) is 0. The van der Waals surface area contributed by atoms with E-state index in [1.54, 1.807) is 10.9 Å². The lowest BCUT2D eigenvalue weighted by atomic mass is 10.2. The molecule has 0 radical (unpaired) electrons. The van der Waals surface area contributed by atoms with Crippen LogP contribution in [0.4, 0.5) is 0 Å². The summed E-state index contributed by atoms with van der Waals surface area (Å²) in [6, 6.07) is 0. The van der Waals surface area contributed by atoms with E-state index >= 15 is 0 Å². The van der Waals surface area contributed by atoms with Crippen molar-refractivity contribution in [2.45, 2.75) is 18.9 Å². The Morgan fingerprint density at radius 1 is 1.54 bits per heavy atom. The lowest BCUT2D eigenvalue weighted by molar-refractivity contribution is 0.192. The van der Waals surface area contributed by atoms with Crippen molar-refractivity contribution in [3.63, 3.8) is 0 Å². The van der Waals surface area contributed by atoms with Crippen LogP contribution in [0.25, 0.3) is 0 Å². The number of hydrogen-bond acceptors (Lipinski definition) is 3. The smallest absolute Gasteiger partial charge is 0.157 e. The maximum Gasteiger partial charge on any atom is 0.157 e. The first-order chi connectivity index (χ1) is 6.34. The van der Waals surface area contributed by atoms with Gasteiger partial charge in [0.15, 0.2) is 5.75 Å². The van der Waals surface area contributed by atoms with Crippen molar-refractivity contribution in [1.82, 2.24) is 9.78 Å². The molecule has 1 fully saturated rings. The van der Waals surface area contributed by atoms with Gasteiger partial charge >= 0.3 is 0 Å². The van der Waals surface area contributed by atoms with Crippen LogP contribution in [0.15, 0.2) is 12.4 Å². The van der Waals surface area contributed by atoms with Gasteiger partial charge in [0.25, 0.3) is 0 Å². The van der Waals surface area contributed by atoms with Crippen LogP contribution >= 0.6 is 11.8 Å². The normalized spacial score (nSPS) is 18.8. The molecule has 0 unspecified atom stereocenters. The van der Waals surface area contributed by atoms with E-state index in [0.29, 0.717) is 6.10 Å². The van der Waals surface area contributed by atoms with Gasteiger partial charge in [-0.15, -0.1) is 0 Å². The predicted molar refractivity (Wildman–Crippen MR) is 54.2 cm³/mol. The molecule has 0 aromatic carbocycles. The molecule has 0 aliphatic carbocycles. The van der Waals surface area contributed by atoms with Gasteiger partial charge < -0.3 is 4.74 Å². The average molecular weight is 198 g/mol. The van der Waals surface area contributed by atoms with Crippen LogP contribution in [0.5, 0.6) is 5.75 Å². The average Bonchev–Trinajstić information content (AvgIpc) is 2.53. The fraction of sp³-hybridized carbons (Fsp3) is 0.667. The monoisotopic (exact) mass is 198 g/mol. The zero-order valence-corrected chi connectivity index (χ0v) is 8.59. The molecule has 4 heteroatoms. The Kier molecular flexibility index (Phi) is 2.78. The van der Waals surface area contributed by atoms with Gasteiger partial charge in [0.05, 0.1) is 12.4 Å². The summed E-state index contributed by atoms with van der Waals surface area (Å²) in [5, 5.41) is 4.07. The molecule has 2 heterocycles. The maximum absolute atomic E-state index is 5.78. The highest BCUT2D eigenvalue weighted by Gasteiger charge is 2.15. The highest BCUT2D eigenvalue weighted by atomic mass is 32.2. The van der Waals surface area contributed by atoms with E-state index in [0.717, 1.165) is 5.75 Å². The van der Waals surface area contributed by atoms with Crippen molar-refractivity contribution in [3.05, 3.63) is 12.4 Å². The molecular weight excluding hydrogens is 184 g/mol. The van der Waals surface area contributed by atoms with E-state index in [1.807, 2.05) is 25.0 Å². The van der Waals surface area contributed by atoms with Crippen molar-refractivity contribution in [2.75, 3.05) is 11.5 Å². The summed E-state index contributed by atoms with van der Waals surface area (Å²) in [7, 11) is 1.91. The molecule has 0 spiro atoms. The molecule has 1 saturated heterocycles. The molecule has 1 aliphatic rings. The fourth-order valence-corrected chi connectivity index (χ4v) is 2.51.